The highest BCUT2D eigenvalue weighted by molar-refractivity contribution is 5.79. The van der Waals surface area contributed by atoms with Gasteiger partial charge in [0.15, 0.2) is 0 Å². The Morgan fingerprint density at radius 3 is 1.39 bits per heavy atom. The Morgan fingerprint density at radius 2 is 0.902 bits per heavy atom. The maximum atomic E-state index is 5.90. The molecule has 6 aromatic rings. The Kier molecular flexibility index (Phi) is 6.56. The zero-order valence-corrected chi connectivity index (χ0v) is 22.4. The number of aromatic nitrogens is 2. The molecule has 0 saturated heterocycles. The molecule has 0 atom stereocenters. The minimum atomic E-state index is 0.538. The van der Waals surface area contributed by atoms with Crippen LogP contribution in [0.25, 0.3) is 39.3 Å². The van der Waals surface area contributed by atoms with E-state index in [1.165, 1.54) is 11.1 Å². The lowest BCUT2D eigenvalue weighted by Gasteiger charge is -2.25. The second-order valence-electron chi connectivity index (χ2n) is 9.94. The van der Waals surface area contributed by atoms with E-state index in [4.69, 9.17) is 4.42 Å². The number of hydrogen-bond acceptors (Lipinski definition) is 4. The molecule has 196 valence electrons. The molecular weight excluding hydrogens is 502 g/mol. The lowest BCUT2D eigenvalue weighted by Crippen LogP contribution is -2.09. The van der Waals surface area contributed by atoms with Crippen LogP contribution in [0.5, 0.6) is 0 Å². The molecule has 0 unspecified atom stereocenters. The zero-order valence-electron chi connectivity index (χ0n) is 22.4. The lowest BCUT2D eigenvalue weighted by molar-refractivity contribution is 0.552. The molecule has 41 heavy (non-hydrogen) atoms. The molecule has 0 bridgehead atoms. The number of rotatable bonds is 7. The first-order chi connectivity index (χ1) is 20.3. The van der Waals surface area contributed by atoms with Gasteiger partial charge in [0.2, 0.25) is 11.8 Å². The molecule has 7 rings (SSSR count). The first kappa shape index (κ1) is 24.6. The van der Waals surface area contributed by atoms with Gasteiger partial charge in [-0.15, -0.1) is 10.2 Å². The van der Waals surface area contributed by atoms with E-state index < -0.39 is 0 Å². The third-order valence-electron chi connectivity index (χ3n) is 7.31. The van der Waals surface area contributed by atoms with Crippen LogP contribution in [0, 0.1) is 0 Å². The summed E-state index contributed by atoms with van der Waals surface area (Å²) in [5.74, 6) is 1.13. The largest absolute Gasteiger partial charge is 0.416 e. The molecule has 4 heteroatoms. The molecule has 0 saturated carbocycles. The van der Waals surface area contributed by atoms with E-state index in [1.54, 1.807) is 0 Å². The van der Waals surface area contributed by atoms with Crippen LogP contribution in [-0.2, 0) is 0 Å². The number of hydrogen-bond donors (Lipinski definition) is 0. The van der Waals surface area contributed by atoms with Gasteiger partial charge < -0.3 is 9.32 Å². The molecule has 0 radical (unpaired) electrons. The third-order valence-corrected chi connectivity index (χ3v) is 7.31. The fourth-order valence-electron chi connectivity index (χ4n) is 5.14. The normalized spacial score (nSPS) is 12.3. The predicted octanol–water partition coefficient (Wildman–Crippen LogP) is 9.88. The summed E-state index contributed by atoms with van der Waals surface area (Å²) in [5.41, 5.74) is 10.00. The Bertz CT molecular complexity index is 1780. The summed E-state index contributed by atoms with van der Waals surface area (Å²) in [6.45, 7) is 0. The number of nitrogens with zero attached hydrogens (tertiary/aromatic N) is 3. The fraction of sp³-hybridized carbons (Fsp3) is 0.0270. The maximum Gasteiger partial charge on any atom is 0.248 e. The molecule has 0 N–H and O–H groups in total. The topological polar surface area (TPSA) is 42.2 Å². The van der Waals surface area contributed by atoms with E-state index in [0.29, 0.717) is 11.8 Å². The van der Waals surface area contributed by atoms with E-state index in [2.05, 4.69) is 130 Å². The van der Waals surface area contributed by atoms with Crippen molar-refractivity contribution < 1.29 is 4.42 Å². The van der Waals surface area contributed by atoms with E-state index in [-0.39, 0.29) is 0 Å². The van der Waals surface area contributed by atoms with Crippen LogP contribution in [0.1, 0.15) is 12.3 Å². The second-order valence-corrected chi connectivity index (χ2v) is 9.94. The lowest BCUT2D eigenvalue weighted by atomic mass is 9.99. The molecule has 0 amide bonds. The zero-order chi connectivity index (χ0) is 27.4. The van der Waals surface area contributed by atoms with Crippen LogP contribution in [0.4, 0.5) is 17.1 Å². The van der Waals surface area contributed by atoms with Gasteiger partial charge in [-0.1, -0.05) is 103 Å². The SMILES string of the molecule is C1=CCC(c2nnc(-c3ccc(-c4ccc(-c5ccc(N(c6ccccc6)c6ccccc6)cc5)cc4)cc3)o2)=C1. The van der Waals surface area contributed by atoms with Gasteiger partial charge in [0, 0.05) is 28.2 Å². The van der Waals surface area contributed by atoms with Crippen molar-refractivity contribution in [3.05, 3.63) is 158 Å². The van der Waals surface area contributed by atoms with Crippen molar-refractivity contribution in [2.45, 2.75) is 6.42 Å². The Balaban J connectivity index is 1.09. The maximum absolute atomic E-state index is 5.90. The van der Waals surface area contributed by atoms with Crippen LogP contribution in [0.2, 0.25) is 0 Å². The van der Waals surface area contributed by atoms with Gasteiger partial charge in [-0.25, -0.2) is 0 Å². The van der Waals surface area contributed by atoms with E-state index >= 15 is 0 Å². The number of para-hydroxylation sites is 2. The van der Waals surface area contributed by atoms with E-state index in [1.807, 2.05) is 36.4 Å². The van der Waals surface area contributed by atoms with Crippen molar-refractivity contribution in [2.24, 2.45) is 0 Å². The van der Waals surface area contributed by atoms with Gasteiger partial charge in [0.25, 0.3) is 0 Å². The van der Waals surface area contributed by atoms with Gasteiger partial charge >= 0.3 is 0 Å². The molecule has 0 aliphatic heterocycles. The van der Waals surface area contributed by atoms with Crippen molar-refractivity contribution in [1.29, 1.82) is 0 Å². The number of allylic oxidation sites excluding steroid dienone is 4. The highest BCUT2D eigenvalue weighted by atomic mass is 16.4. The minimum absolute atomic E-state index is 0.538. The standard InChI is InChI=1S/C37H27N3O/c1-3-11-33(12-4-1)40(34-13-5-2-6-14-34)35-25-23-30(24-26-35)28-17-15-27(16-18-28)29-19-21-32(22-20-29)37-39-38-36(41-37)31-9-7-8-10-31/h1-9,11-26H,10H2. The van der Waals surface area contributed by atoms with Gasteiger partial charge in [-0.2, -0.15) is 0 Å². The molecular formula is C37H27N3O. The summed E-state index contributed by atoms with van der Waals surface area (Å²) in [4.78, 5) is 2.27. The van der Waals surface area contributed by atoms with Crippen molar-refractivity contribution in [3.8, 4) is 33.7 Å². The van der Waals surface area contributed by atoms with Crippen molar-refractivity contribution in [1.82, 2.24) is 10.2 Å². The van der Waals surface area contributed by atoms with Crippen molar-refractivity contribution >= 4 is 22.6 Å². The van der Waals surface area contributed by atoms with Gasteiger partial charge in [-0.05, 0) is 77.2 Å². The first-order valence-corrected chi connectivity index (χ1v) is 13.7. The molecule has 1 aromatic heterocycles. The van der Waals surface area contributed by atoms with E-state index in [9.17, 15) is 0 Å². The predicted molar refractivity (Wildman–Crippen MR) is 167 cm³/mol. The minimum Gasteiger partial charge on any atom is -0.416 e. The summed E-state index contributed by atoms with van der Waals surface area (Å²) in [6, 6.07) is 46.6. The van der Waals surface area contributed by atoms with E-state index in [0.717, 1.165) is 45.7 Å². The number of benzene rings is 5. The Morgan fingerprint density at radius 1 is 0.463 bits per heavy atom. The van der Waals surface area contributed by atoms with Crippen LogP contribution in [0.3, 0.4) is 0 Å². The monoisotopic (exact) mass is 529 g/mol. The summed E-state index contributed by atoms with van der Waals surface area (Å²) < 4.78 is 5.90. The van der Waals surface area contributed by atoms with Gasteiger partial charge in [0.05, 0.1) is 0 Å². The quantitative estimate of drug-likeness (QED) is 0.206. The van der Waals surface area contributed by atoms with Crippen LogP contribution < -0.4 is 4.90 Å². The average molecular weight is 530 g/mol. The molecule has 1 aliphatic carbocycles. The highest BCUT2D eigenvalue weighted by Gasteiger charge is 2.14. The summed E-state index contributed by atoms with van der Waals surface area (Å²) >= 11 is 0. The molecule has 4 nitrogen and oxygen atoms in total. The summed E-state index contributed by atoms with van der Waals surface area (Å²) in [7, 11) is 0. The molecule has 1 heterocycles. The highest BCUT2D eigenvalue weighted by Crippen LogP contribution is 2.35. The fourth-order valence-corrected chi connectivity index (χ4v) is 5.14. The molecule has 1 aliphatic rings. The van der Waals surface area contributed by atoms with Crippen LogP contribution >= 0.6 is 0 Å². The number of anilines is 3. The third kappa shape index (κ3) is 5.11. The molecule has 0 fully saturated rings. The first-order valence-electron chi connectivity index (χ1n) is 13.7. The molecule has 0 spiro atoms. The van der Waals surface area contributed by atoms with Crippen LogP contribution in [0.15, 0.2) is 156 Å². The summed E-state index contributed by atoms with van der Waals surface area (Å²) in [5, 5.41) is 8.45. The molecule has 5 aromatic carbocycles. The van der Waals surface area contributed by atoms with Crippen molar-refractivity contribution in [2.75, 3.05) is 4.90 Å². The Hall–Kier alpha value is -5.48. The van der Waals surface area contributed by atoms with Gasteiger partial charge in [-0.3, -0.25) is 0 Å². The van der Waals surface area contributed by atoms with Crippen LogP contribution in [-0.4, -0.2) is 10.2 Å². The second kappa shape index (κ2) is 10.9. The van der Waals surface area contributed by atoms with Gasteiger partial charge in [0.1, 0.15) is 0 Å². The average Bonchev–Trinajstić information content (AvgIpc) is 3.76. The Labute approximate surface area is 239 Å². The summed E-state index contributed by atoms with van der Waals surface area (Å²) in [6.07, 6.45) is 6.95. The van der Waals surface area contributed by atoms with Crippen molar-refractivity contribution in [3.63, 3.8) is 0 Å². The smallest absolute Gasteiger partial charge is 0.248 e.